The maximum absolute atomic E-state index is 11.4. The van der Waals surface area contributed by atoms with Crippen molar-refractivity contribution in [3.63, 3.8) is 0 Å². The van der Waals surface area contributed by atoms with Crippen molar-refractivity contribution in [1.82, 2.24) is 14.6 Å². The molecule has 1 N–H and O–H groups in total. The minimum atomic E-state index is -0.0323. The third kappa shape index (κ3) is 1.92. The molecular weight excluding hydrogens is 224 g/mol. The van der Waals surface area contributed by atoms with Crippen LogP contribution in [0.1, 0.15) is 30.3 Å². The summed E-state index contributed by atoms with van der Waals surface area (Å²) in [5.74, 6) is 0.364. The van der Waals surface area contributed by atoms with Gasteiger partial charge < -0.3 is 0 Å². The van der Waals surface area contributed by atoms with Crippen LogP contribution in [0.5, 0.6) is 0 Å². The zero-order valence-electron chi connectivity index (χ0n) is 9.57. The SMILES string of the molecule is CCCC(=O)Nc1nc2sc(C)c(C)n2n1. The summed E-state index contributed by atoms with van der Waals surface area (Å²) in [6.45, 7) is 5.99. The molecule has 0 atom stereocenters. The summed E-state index contributed by atoms with van der Waals surface area (Å²) in [6, 6.07) is 0. The number of fused-ring (bicyclic) bond motifs is 1. The molecule has 1 amide bonds. The number of thiazole rings is 1. The highest BCUT2D eigenvalue weighted by atomic mass is 32.1. The molecule has 0 bridgehead atoms. The number of nitrogens with one attached hydrogen (secondary N) is 1. The predicted octanol–water partition coefficient (Wildman–Crippen LogP) is 2.15. The van der Waals surface area contributed by atoms with Crippen LogP contribution in [0.2, 0.25) is 0 Å². The molecule has 5 nitrogen and oxygen atoms in total. The van der Waals surface area contributed by atoms with Crippen LogP contribution in [0.25, 0.3) is 4.96 Å². The number of hydrogen-bond donors (Lipinski definition) is 1. The highest BCUT2D eigenvalue weighted by Crippen LogP contribution is 2.21. The highest BCUT2D eigenvalue weighted by Gasteiger charge is 2.11. The lowest BCUT2D eigenvalue weighted by atomic mass is 10.3. The fraction of sp³-hybridized carbons (Fsp3) is 0.500. The van der Waals surface area contributed by atoms with Gasteiger partial charge in [-0.1, -0.05) is 18.3 Å². The number of amides is 1. The summed E-state index contributed by atoms with van der Waals surface area (Å²) in [7, 11) is 0. The number of anilines is 1. The van der Waals surface area contributed by atoms with Crippen molar-refractivity contribution in [3.8, 4) is 0 Å². The molecule has 2 aromatic heterocycles. The molecule has 6 heteroatoms. The van der Waals surface area contributed by atoms with E-state index in [1.807, 2.05) is 20.8 Å². The number of carbonyl (C=O) groups excluding carboxylic acids is 1. The van der Waals surface area contributed by atoms with Crippen LogP contribution in [0.4, 0.5) is 5.95 Å². The van der Waals surface area contributed by atoms with E-state index < -0.39 is 0 Å². The Labute approximate surface area is 97.5 Å². The van der Waals surface area contributed by atoms with Gasteiger partial charge in [0.2, 0.25) is 16.8 Å². The van der Waals surface area contributed by atoms with Gasteiger partial charge in [0.15, 0.2) is 0 Å². The zero-order chi connectivity index (χ0) is 11.7. The molecule has 0 saturated heterocycles. The van der Waals surface area contributed by atoms with E-state index in [0.29, 0.717) is 12.4 Å². The molecule has 0 unspecified atom stereocenters. The Morgan fingerprint density at radius 1 is 1.50 bits per heavy atom. The first-order valence-electron chi connectivity index (χ1n) is 5.24. The smallest absolute Gasteiger partial charge is 0.250 e. The Balaban J connectivity index is 2.24. The second kappa shape index (κ2) is 4.21. The van der Waals surface area contributed by atoms with Crippen LogP contribution in [0.3, 0.4) is 0 Å². The van der Waals surface area contributed by atoms with E-state index in [2.05, 4.69) is 15.4 Å². The Kier molecular flexibility index (Phi) is 2.91. The van der Waals surface area contributed by atoms with Gasteiger partial charge in [-0.05, 0) is 20.3 Å². The number of rotatable bonds is 3. The normalized spacial score (nSPS) is 10.9. The predicted molar refractivity (Wildman–Crippen MR) is 63.9 cm³/mol. The summed E-state index contributed by atoms with van der Waals surface area (Å²) in [5.41, 5.74) is 1.07. The number of nitrogens with zero attached hydrogens (tertiary/aromatic N) is 3. The van der Waals surface area contributed by atoms with E-state index in [0.717, 1.165) is 17.1 Å². The van der Waals surface area contributed by atoms with Crippen LogP contribution in [-0.2, 0) is 4.79 Å². The number of aryl methyl sites for hydroxylation is 2. The number of carbonyl (C=O) groups is 1. The Morgan fingerprint density at radius 2 is 2.25 bits per heavy atom. The van der Waals surface area contributed by atoms with Gasteiger partial charge in [0, 0.05) is 11.3 Å². The fourth-order valence-electron chi connectivity index (χ4n) is 1.41. The van der Waals surface area contributed by atoms with Gasteiger partial charge in [-0.2, -0.15) is 4.98 Å². The van der Waals surface area contributed by atoms with Crippen molar-refractivity contribution in [1.29, 1.82) is 0 Å². The largest absolute Gasteiger partial charge is 0.293 e. The van der Waals surface area contributed by atoms with Crippen molar-refractivity contribution >= 4 is 28.2 Å². The molecule has 0 saturated carbocycles. The van der Waals surface area contributed by atoms with Crippen LogP contribution in [0.15, 0.2) is 0 Å². The van der Waals surface area contributed by atoms with Gasteiger partial charge in [-0.15, -0.1) is 5.10 Å². The summed E-state index contributed by atoms with van der Waals surface area (Å²) in [4.78, 5) is 17.6. The van der Waals surface area contributed by atoms with Gasteiger partial charge in [-0.3, -0.25) is 10.1 Å². The summed E-state index contributed by atoms with van der Waals surface area (Å²) >= 11 is 1.58. The zero-order valence-corrected chi connectivity index (χ0v) is 10.4. The molecule has 2 heterocycles. The topological polar surface area (TPSA) is 59.3 Å². The molecule has 86 valence electrons. The van der Waals surface area contributed by atoms with E-state index in [-0.39, 0.29) is 5.91 Å². The highest BCUT2D eigenvalue weighted by molar-refractivity contribution is 7.17. The molecule has 0 aliphatic carbocycles. The van der Waals surface area contributed by atoms with Crippen LogP contribution < -0.4 is 5.32 Å². The Morgan fingerprint density at radius 3 is 2.88 bits per heavy atom. The maximum Gasteiger partial charge on any atom is 0.250 e. The van der Waals surface area contributed by atoms with Crippen LogP contribution in [0, 0.1) is 13.8 Å². The van der Waals surface area contributed by atoms with Crippen molar-refractivity contribution in [2.75, 3.05) is 5.32 Å². The van der Waals surface area contributed by atoms with Gasteiger partial charge in [0.05, 0.1) is 5.69 Å². The van der Waals surface area contributed by atoms with Gasteiger partial charge in [0.25, 0.3) is 0 Å². The molecular formula is C10H14N4OS. The van der Waals surface area contributed by atoms with E-state index >= 15 is 0 Å². The Bertz CT molecular complexity index is 528. The third-order valence-electron chi connectivity index (χ3n) is 2.38. The molecule has 0 aliphatic rings. The first-order chi connectivity index (χ1) is 7.61. The van der Waals surface area contributed by atoms with Crippen molar-refractivity contribution in [2.45, 2.75) is 33.6 Å². The van der Waals surface area contributed by atoms with E-state index in [1.54, 1.807) is 15.9 Å². The minimum absolute atomic E-state index is 0.0323. The first kappa shape index (κ1) is 11.1. The maximum atomic E-state index is 11.4. The van der Waals surface area contributed by atoms with Gasteiger partial charge in [0.1, 0.15) is 0 Å². The lowest BCUT2D eigenvalue weighted by molar-refractivity contribution is -0.116. The summed E-state index contributed by atoms with van der Waals surface area (Å²) < 4.78 is 1.77. The van der Waals surface area contributed by atoms with Gasteiger partial charge >= 0.3 is 0 Å². The average Bonchev–Trinajstić information content (AvgIpc) is 2.69. The van der Waals surface area contributed by atoms with Crippen molar-refractivity contribution in [3.05, 3.63) is 10.6 Å². The lowest BCUT2D eigenvalue weighted by Crippen LogP contribution is -2.11. The first-order valence-corrected chi connectivity index (χ1v) is 6.06. The fourth-order valence-corrected chi connectivity index (χ4v) is 2.31. The minimum Gasteiger partial charge on any atom is -0.293 e. The molecule has 2 rings (SSSR count). The monoisotopic (exact) mass is 238 g/mol. The summed E-state index contributed by atoms with van der Waals surface area (Å²) in [6.07, 6.45) is 1.33. The summed E-state index contributed by atoms with van der Waals surface area (Å²) in [5, 5.41) is 6.93. The third-order valence-corrected chi connectivity index (χ3v) is 3.43. The molecule has 0 spiro atoms. The quantitative estimate of drug-likeness (QED) is 0.891. The number of hydrogen-bond acceptors (Lipinski definition) is 4. The van der Waals surface area contributed by atoms with E-state index in [4.69, 9.17) is 0 Å². The molecule has 0 fully saturated rings. The average molecular weight is 238 g/mol. The standard InChI is InChI=1S/C10H14N4OS/c1-4-5-8(15)11-9-12-10-14(13-9)6(2)7(3)16-10/h4-5H2,1-3H3,(H,11,13,15). The van der Waals surface area contributed by atoms with E-state index in [9.17, 15) is 4.79 Å². The van der Waals surface area contributed by atoms with Crippen molar-refractivity contribution < 1.29 is 4.79 Å². The molecule has 2 aromatic rings. The Hall–Kier alpha value is -1.43. The molecule has 0 aromatic carbocycles. The molecule has 16 heavy (non-hydrogen) atoms. The number of aromatic nitrogens is 3. The molecule has 0 aliphatic heterocycles. The van der Waals surface area contributed by atoms with E-state index in [1.165, 1.54) is 4.88 Å². The second-order valence-corrected chi connectivity index (χ2v) is 4.85. The second-order valence-electron chi connectivity index (χ2n) is 3.67. The lowest BCUT2D eigenvalue weighted by Gasteiger charge is -1.97. The van der Waals surface area contributed by atoms with Crippen molar-refractivity contribution in [2.24, 2.45) is 0 Å². The van der Waals surface area contributed by atoms with Crippen LogP contribution >= 0.6 is 11.3 Å². The van der Waals surface area contributed by atoms with Crippen LogP contribution in [-0.4, -0.2) is 20.5 Å². The van der Waals surface area contributed by atoms with Gasteiger partial charge in [-0.25, -0.2) is 4.52 Å². The molecule has 0 radical (unpaired) electrons.